The van der Waals surface area contributed by atoms with E-state index in [0.29, 0.717) is 18.9 Å². The van der Waals surface area contributed by atoms with Crippen LogP contribution in [0.25, 0.3) is 0 Å². The van der Waals surface area contributed by atoms with E-state index in [2.05, 4.69) is 27.7 Å². The van der Waals surface area contributed by atoms with E-state index in [0.717, 1.165) is 32.5 Å². The molecule has 126 valence electrons. The van der Waals surface area contributed by atoms with Gasteiger partial charge in [-0.2, -0.15) is 0 Å². The number of hydrogen-bond donors (Lipinski definition) is 2. The van der Waals surface area contributed by atoms with Crippen molar-refractivity contribution in [2.75, 3.05) is 38.1 Å². The van der Waals surface area contributed by atoms with E-state index in [9.17, 15) is 4.79 Å². The van der Waals surface area contributed by atoms with Crippen molar-refractivity contribution in [1.82, 2.24) is 10.6 Å². The first-order chi connectivity index (χ1) is 9.75. The van der Waals surface area contributed by atoms with E-state index in [1.54, 1.807) is 0 Å². The molecular weight excluding hydrogens is 321 g/mol. The van der Waals surface area contributed by atoms with Crippen LogP contribution in [0.1, 0.15) is 19.3 Å². The lowest BCUT2D eigenvalue weighted by atomic mass is 9.94. The molecule has 0 radical (unpaired) electrons. The fourth-order valence-corrected chi connectivity index (χ4v) is 2.59. The zero-order valence-electron chi connectivity index (χ0n) is 13.1. The number of anilines is 1. The number of halogens is 2. The molecule has 1 aliphatic heterocycles. The van der Waals surface area contributed by atoms with Gasteiger partial charge in [0.2, 0.25) is 5.91 Å². The number of likely N-dealkylation sites (N-methyl/N-ethyl adjacent to an activating group) is 1. The van der Waals surface area contributed by atoms with Crippen LogP contribution in [0, 0.1) is 5.92 Å². The van der Waals surface area contributed by atoms with Gasteiger partial charge in [-0.3, -0.25) is 4.79 Å². The molecule has 0 unspecified atom stereocenters. The fraction of sp³-hybridized carbons (Fsp3) is 0.562. The molecule has 4 nitrogen and oxygen atoms in total. The minimum atomic E-state index is 0. The summed E-state index contributed by atoms with van der Waals surface area (Å²) in [6, 6.07) is 10.2. The second kappa shape index (κ2) is 11.6. The van der Waals surface area contributed by atoms with E-state index in [4.69, 9.17) is 0 Å². The first-order valence-corrected chi connectivity index (χ1v) is 7.49. The van der Waals surface area contributed by atoms with Crippen molar-refractivity contribution in [3.05, 3.63) is 30.3 Å². The predicted octanol–water partition coefficient (Wildman–Crippen LogP) is 2.47. The molecule has 6 heteroatoms. The Morgan fingerprint density at radius 1 is 1.23 bits per heavy atom. The maximum atomic E-state index is 11.9. The van der Waals surface area contributed by atoms with Crippen molar-refractivity contribution < 1.29 is 4.79 Å². The highest BCUT2D eigenvalue weighted by atomic mass is 35.5. The number of nitrogens with zero attached hydrogens (tertiary/aromatic N) is 1. The Labute approximate surface area is 145 Å². The predicted molar refractivity (Wildman–Crippen MR) is 97.4 cm³/mol. The van der Waals surface area contributed by atoms with Crippen LogP contribution in [-0.4, -0.2) is 39.1 Å². The molecule has 22 heavy (non-hydrogen) atoms. The molecule has 2 rings (SSSR count). The van der Waals surface area contributed by atoms with Crippen molar-refractivity contribution in [1.29, 1.82) is 0 Å². The topological polar surface area (TPSA) is 44.4 Å². The first-order valence-electron chi connectivity index (χ1n) is 7.49. The van der Waals surface area contributed by atoms with Crippen LogP contribution in [-0.2, 0) is 4.79 Å². The van der Waals surface area contributed by atoms with Crippen molar-refractivity contribution in [2.45, 2.75) is 19.3 Å². The van der Waals surface area contributed by atoms with Crippen LogP contribution in [0.5, 0.6) is 0 Å². The van der Waals surface area contributed by atoms with Crippen LogP contribution in [0.2, 0.25) is 0 Å². The molecule has 0 saturated carbocycles. The molecule has 0 bridgehead atoms. The Kier molecular flexibility index (Phi) is 11.1. The Hall–Kier alpha value is -0.970. The summed E-state index contributed by atoms with van der Waals surface area (Å²) in [5.74, 6) is 0.751. The summed E-state index contributed by atoms with van der Waals surface area (Å²) in [5.41, 5.74) is 1.18. The molecule has 0 spiro atoms. The molecule has 1 aliphatic rings. The quantitative estimate of drug-likeness (QED) is 0.830. The average molecular weight is 348 g/mol. The molecule has 1 fully saturated rings. The van der Waals surface area contributed by atoms with Gasteiger partial charge < -0.3 is 15.5 Å². The third-order valence-corrected chi connectivity index (χ3v) is 3.90. The van der Waals surface area contributed by atoms with Gasteiger partial charge in [-0.25, -0.2) is 0 Å². The average Bonchev–Trinajstić information content (AvgIpc) is 2.49. The van der Waals surface area contributed by atoms with Crippen LogP contribution in [0.15, 0.2) is 30.3 Å². The van der Waals surface area contributed by atoms with Gasteiger partial charge in [-0.1, -0.05) is 18.2 Å². The van der Waals surface area contributed by atoms with E-state index in [-0.39, 0.29) is 30.7 Å². The molecule has 1 heterocycles. The van der Waals surface area contributed by atoms with Crippen LogP contribution >= 0.6 is 24.8 Å². The molecule has 1 aromatic carbocycles. The largest absolute Gasteiger partial charge is 0.373 e. The number of nitrogens with one attached hydrogen (secondary N) is 2. The standard InChI is InChI=1S/C16H25N3O.2ClH/c1-19(15-5-3-2-4-6-15)12-11-18-16(20)13-14-7-9-17-10-8-14;;/h2-6,14,17H,7-13H2,1H3,(H,18,20);2*1H. The summed E-state index contributed by atoms with van der Waals surface area (Å²) in [4.78, 5) is 14.0. The number of carbonyl (C=O) groups excluding carboxylic acids is 1. The number of piperidine rings is 1. The van der Waals surface area contributed by atoms with E-state index in [1.807, 2.05) is 25.2 Å². The number of benzene rings is 1. The SMILES string of the molecule is CN(CCNC(=O)CC1CCNCC1)c1ccccc1.Cl.Cl. The second-order valence-electron chi connectivity index (χ2n) is 5.50. The lowest BCUT2D eigenvalue weighted by Gasteiger charge is -2.23. The molecular formula is C16H27Cl2N3O. The van der Waals surface area contributed by atoms with Gasteiger partial charge in [-0.05, 0) is 44.0 Å². The van der Waals surface area contributed by atoms with Crippen molar-refractivity contribution in [3.63, 3.8) is 0 Å². The molecule has 1 amide bonds. The zero-order chi connectivity index (χ0) is 14.2. The first kappa shape index (κ1) is 21.0. The highest BCUT2D eigenvalue weighted by Crippen LogP contribution is 2.15. The smallest absolute Gasteiger partial charge is 0.220 e. The Morgan fingerprint density at radius 2 is 1.86 bits per heavy atom. The zero-order valence-corrected chi connectivity index (χ0v) is 14.7. The summed E-state index contributed by atoms with van der Waals surface area (Å²) in [6.07, 6.45) is 2.92. The van der Waals surface area contributed by atoms with Gasteiger partial charge in [0.05, 0.1) is 0 Å². The second-order valence-corrected chi connectivity index (χ2v) is 5.50. The van der Waals surface area contributed by atoms with Gasteiger partial charge >= 0.3 is 0 Å². The third kappa shape index (κ3) is 7.34. The lowest BCUT2D eigenvalue weighted by Crippen LogP contribution is -2.35. The maximum Gasteiger partial charge on any atom is 0.220 e. The molecule has 0 aromatic heterocycles. The van der Waals surface area contributed by atoms with E-state index in [1.165, 1.54) is 5.69 Å². The monoisotopic (exact) mass is 347 g/mol. The number of carbonyl (C=O) groups is 1. The molecule has 0 aliphatic carbocycles. The summed E-state index contributed by atoms with van der Waals surface area (Å²) in [5, 5.41) is 6.36. The van der Waals surface area contributed by atoms with Crippen LogP contribution in [0.4, 0.5) is 5.69 Å². The summed E-state index contributed by atoms with van der Waals surface area (Å²) in [6.45, 7) is 3.64. The molecule has 1 saturated heterocycles. The van der Waals surface area contributed by atoms with Crippen molar-refractivity contribution in [2.24, 2.45) is 5.92 Å². The third-order valence-electron chi connectivity index (χ3n) is 3.90. The highest BCUT2D eigenvalue weighted by Gasteiger charge is 2.16. The minimum Gasteiger partial charge on any atom is -0.373 e. The van der Waals surface area contributed by atoms with Gasteiger partial charge in [0, 0.05) is 32.2 Å². The molecule has 0 atom stereocenters. The summed E-state index contributed by atoms with van der Waals surface area (Å²) < 4.78 is 0. The van der Waals surface area contributed by atoms with Crippen LogP contribution < -0.4 is 15.5 Å². The number of amides is 1. The fourth-order valence-electron chi connectivity index (χ4n) is 2.59. The highest BCUT2D eigenvalue weighted by molar-refractivity contribution is 5.85. The Balaban J connectivity index is 0.00000220. The molecule has 1 aromatic rings. The number of hydrogen-bond acceptors (Lipinski definition) is 3. The van der Waals surface area contributed by atoms with Crippen molar-refractivity contribution in [3.8, 4) is 0 Å². The maximum absolute atomic E-state index is 11.9. The van der Waals surface area contributed by atoms with E-state index >= 15 is 0 Å². The summed E-state index contributed by atoms with van der Waals surface area (Å²) in [7, 11) is 2.05. The van der Waals surface area contributed by atoms with Crippen LogP contribution in [0.3, 0.4) is 0 Å². The van der Waals surface area contributed by atoms with E-state index < -0.39 is 0 Å². The molecule has 2 N–H and O–H groups in total. The number of para-hydroxylation sites is 1. The van der Waals surface area contributed by atoms with Gasteiger partial charge in [0.25, 0.3) is 0 Å². The number of rotatable bonds is 6. The van der Waals surface area contributed by atoms with Gasteiger partial charge in [0.1, 0.15) is 0 Å². The Morgan fingerprint density at radius 3 is 2.50 bits per heavy atom. The van der Waals surface area contributed by atoms with Crippen molar-refractivity contribution >= 4 is 36.4 Å². The lowest BCUT2D eigenvalue weighted by molar-refractivity contribution is -0.122. The summed E-state index contributed by atoms with van der Waals surface area (Å²) >= 11 is 0. The normalized spacial score (nSPS) is 14.4. The minimum absolute atomic E-state index is 0. The Bertz CT molecular complexity index is 411. The van der Waals surface area contributed by atoms with Gasteiger partial charge in [-0.15, -0.1) is 24.8 Å². The van der Waals surface area contributed by atoms with Gasteiger partial charge in [0.15, 0.2) is 0 Å².